The molecule has 1 fully saturated rings. The van der Waals surface area contributed by atoms with Gasteiger partial charge in [0.1, 0.15) is 0 Å². The fourth-order valence-corrected chi connectivity index (χ4v) is 3.32. The predicted molar refractivity (Wildman–Crippen MR) is 71.6 cm³/mol. The summed E-state index contributed by atoms with van der Waals surface area (Å²) in [6.07, 6.45) is 3.82. The first-order chi connectivity index (χ1) is 8.19. The van der Waals surface area contributed by atoms with Crippen LogP contribution in [0.2, 0.25) is 0 Å². The molecule has 1 saturated carbocycles. The Bertz CT molecular complexity index is 350. The summed E-state index contributed by atoms with van der Waals surface area (Å²) < 4.78 is 32.8. The highest BCUT2D eigenvalue weighted by molar-refractivity contribution is 7.86. The van der Waals surface area contributed by atoms with Crippen molar-refractivity contribution in [3.05, 3.63) is 0 Å². The molecule has 0 aromatic heterocycles. The minimum Gasteiger partial charge on any atom is -0.348 e. The fourth-order valence-electron chi connectivity index (χ4n) is 2.79. The average Bonchev–Trinajstić information content (AvgIpc) is 2.13. The van der Waals surface area contributed by atoms with Gasteiger partial charge < -0.3 is 4.74 Å². The van der Waals surface area contributed by atoms with Crippen LogP contribution in [0.25, 0.3) is 0 Å². The zero-order valence-corrected chi connectivity index (χ0v) is 12.9. The Labute approximate surface area is 111 Å². The topological polar surface area (TPSA) is 52.6 Å². The van der Waals surface area contributed by atoms with Gasteiger partial charge in [-0.25, -0.2) is 4.18 Å². The van der Waals surface area contributed by atoms with Crippen molar-refractivity contribution in [2.45, 2.75) is 59.4 Å². The molecule has 0 heterocycles. The van der Waals surface area contributed by atoms with Crippen molar-refractivity contribution in [1.29, 1.82) is 0 Å². The smallest absolute Gasteiger partial charge is 0.266 e. The van der Waals surface area contributed by atoms with Crippen LogP contribution >= 0.6 is 0 Å². The van der Waals surface area contributed by atoms with Gasteiger partial charge in [-0.05, 0) is 37.5 Å². The first kappa shape index (κ1) is 15.9. The maximum absolute atomic E-state index is 11.1. The molecule has 108 valence electrons. The van der Waals surface area contributed by atoms with Gasteiger partial charge in [0.2, 0.25) is 0 Å². The molecule has 0 N–H and O–H groups in total. The van der Waals surface area contributed by atoms with E-state index in [1.807, 2.05) is 0 Å². The summed E-state index contributed by atoms with van der Waals surface area (Å²) >= 11 is 0. The van der Waals surface area contributed by atoms with E-state index < -0.39 is 16.4 Å². The molecule has 0 spiro atoms. The van der Waals surface area contributed by atoms with Gasteiger partial charge in [-0.2, -0.15) is 8.42 Å². The number of rotatable bonds is 5. The fraction of sp³-hybridized carbons (Fsp3) is 1.00. The van der Waals surface area contributed by atoms with Crippen molar-refractivity contribution < 1.29 is 17.3 Å². The summed E-state index contributed by atoms with van der Waals surface area (Å²) in [7, 11) is -3.45. The van der Waals surface area contributed by atoms with Gasteiger partial charge in [-0.1, -0.05) is 27.2 Å². The quantitative estimate of drug-likeness (QED) is 0.573. The lowest BCUT2D eigenvalue weighted by molar-refractivity contribution is -0.143. The zero-order valence-electron chi connectivity index (χ0n) is 12.0. The largest absolute Gasteiger partial charge is 0.348 e. The highest BCUT2D eigenvalue weighted by atomic mass is 32.2. The molecule has 1 aliphatic rings. The second-order valence-electron chi connectivity index (χ2n) is 5.87. The van der Waals surface area contributed by atoms with Crippen LogP contribution in [0.4, 0.5) is 0 Å². The van der Waals surface area contributed by atoms with Crippen molar-refractivity contribution in [3.8, 4) is 0 Å². The van der Waals surface area contributed by atoms with Gasteiger partial charge in [0.25, 0.3) is 10.1 Å². The number of hydrogen-bond acceptors (Lipinski definition) is 4. The summed E-state index contributed by atoms with van der Waals surface area (Å²) in [5.74, 6) is 1.68. The molecule has 18 heavy (non-hydrogen) atoms. The molecular weight excluding hydrogens is 252 g/mol. The van der Waals surface area contributed by atoms with Gasteiger partial charge in [0.15, 0.2) is 6.29 Å². The first-order valence-electron chi connectivity index (χ1n) is 6.72. The van der Waals surface area contributed by atoms with Crippen LogP contribution in [0.3, 0.4) is 0 Å². The van der Waals surface area contributed by atoms with E-state index in [1.165, 1.54) is 6.42 Å². The SMILES string of the molecule is CC1CCC(C(C)C)C(OC(C)OS(C)(=O)=O)C1. The summed E-state index contributed by atoms with van der Waals surface area (Å²) in [4.78, 5) is 0. The molecule has 1 aliphatic carbocycles. The zero-order chi connectivity index (χ0) is 13.9. The normalized spacial score (nSPS) is 31.6. The van der Waals surface area contributed by atoms with Crippen LogP contribution in [-0.2, 0) is 19.0 Å². The van der Waals surface area contributed by atoms with E-state index >= 15 is 0 Å². The van der Waals surface area contributed by atoms with E-state index in [9.17, 15) is 8.42 Å². The van der Waals surface area contributed by atoms with E-state index in [-0.39, 0.29) is 6.10 Å². The molecule has 0 saturated heterocycles. The summed E-state index contributed by atoms with van der Waals surface area (Å²) in [6.45, 7) is 8.25. The molecule has 0 amide bonds. The van der Waals surface area contributed by atoms with E-state index in [2.05, 4.69) is 20.8 Å². The summed E-state index contributed by atoms with van der Waals surface area (Å²) in [6, 6.07) is 0. The lowest BCUT2D eigenvalue weighted by Crippen LogP contribution is -2.37. The third kappa shape index (κ3) is 5.24. The third-order valence-corrected chi connectivity index (χ3v) is 4.26. The van der Waals surface area contributed by atoms with Crippen LogP contribution in [0.15, 0.2) is 0 Å². The van der Waals surface area contributed by atoms with Crippen molar-refractivity contribution in [2.75, 3.05) is 6.26 Å². The number of hydrogen-bond donors (Lipinski definition) is 0. The van der Waals surface area contributed by atoms with Crippen molar-refractivity contribution in [3.63, 3.8) is 0 Å². The van der Waals surface area contributed by atoms with Gasteiger partial charge >= 0.3 is 0 Å². The van der Waals surface area contributed by atoms with Crippen LogP contribution < -0.4 is 0 Å². The maximum Gasteiger partial charge on any atom is 0.266 e. The Morgan fingerprint density at radius 1 is 1.17 bits per heavy atom. The molecule has 0 aliphatic heterocycles. The minimum atomic E-state index is -3.45. The monoisotopic (exact) mass is 278 g/mol. The Hall–Kier alpha value is -0.130. The molecule has 0 radical (unpaired) electrons. The molecule has 0 aromatic rings. The van der Waals surface area contributed by atoms with Gasteiger partial charge in [0, 0.05) is 0 Å². The highest BCUT2D eigenvalue weighted by Crippen LogP contribution is 2.35. The number of ether oxygens (including phenoxy) is 1. The van der Waals surface area contributed by atoms with Crippen molar-refractivity contribution in [2.24, 2.45) is 17.8 Å². The summed E-state index contributed by atoms with van der Waals surface area (Å²) in [5, 5.41) is 0. The van der Waals surface area contributed by atoms with Crippen LogP contribution in [0, 0.1) is 17.8 Å². The summed E-state index contributed by atoms with van der Waals surface area (Å²) in [5.41, 5.74) is 0. The Morgan fingerprint density at radius 3 is 2.28 bits per heavy atom. The third-order valence-electron chi connectivity index (χ3n) is 3.64. The Morgan fingerprint density at radius 2 is 1.78 bits per heavy atom. The molecular formula is C13H26O4S. The van der Waals surface area contributed by atoms with Gasteiger partial charge in [0.05, 0.1) is 12.4 Å². The lowest BCUT2D eigenvalue weighted by atomic mass is 9.75. The standard InChI is InChI=1S/C13H26O4S/c1-9(2)12-7-6-10(3)8-13(12)16-11(4)17-18(5,14)15/h9-13H,6-8H2,1-5H3. The van der Waals surface area contributed by atoms with Gasteiger partial charge in [-0.15, -0.1) is 0 Å². The van der Waals surface area contributed by atoms with E-state index in [1.54, 1.807) is 6.92 Å². The van der Waals surface area contributed by atoms with E-state index in [0.29, 0.717) is 17.8 Å². The van der Waals surface area contributed by atoms with Crippen LogP contribution in [-0.4, -0.2) is 27.1 Å². The highest BCUT2D eigenvalue weighted by Gasteiger charge is 2.33. The predicted octanol–water partition coefficient (Wildman–Crippen LogP) is 2.79. The molecule has 0 bridgehead atoms. The molecule has 0 aromatic carbocycles. The van der Waals surface area contributed by atoms with Crippen LogP contribution in [0.1, 0.15) is 47.0 Å². The van der Waals surface area contributed by atoms with Crippen molar-refractivity contribution >= 4 is 10.1 Å². The van der Waals surface area contributed by atoms with E-state index in [0.717, 1.165) is 19.1 Å². The Kier molecular flexibility index (Phi) is 5.62. The molecule has 5 heteroatoms. The lowest BCUT2D eigenvalue weighted by Gasteiger charge is -2.38. The van der Waals surface area contributed by atoms with Gasteiger partial charge in [-0.3, -0.25) is 0 Å². The second-order valence-corrected chi connectivity index (χ2v) is 7.47. The van der Waals surface area contributed by atoms with Crippen molar-refractivity contribution in [1.82, 2.24) is 0 Å². The Balaban J connectivity index is 2.60. The average molecular weight is 278 g/mol. The van der Waals surface area contributed by atoms with Crippen LogP contribution in [0.5, 0.6) is 0 Å². The van der Waals surface area contributed by atoms with E-state index in [4.69, 9.17) is 8.92 Å². The molecule has 1 rings (SSSR count). The maximum atomic E-state index is 11.1. The minimum absolute atomic E-state index is 0.102. The first-order valence-corrected chi connectivity index (χ1v) is 8.54. The molecule has 4 nitrogen and oxygen atoms in total. The second kappa shape index (κ2) is 6.35. The molecule has 4 unspecified atom stereocenters. The molecule has 4 atom stereocenters.